The molecule has 0 aliphatic heterocycles. The number of alkyl halides is 1. The van der Waals surface area contributed by atoms with E-state index in [4.69, 9.17) is 9.47 Å². The molecule has 0 unspecified atom stereocenters. The second-order valence-electron chi connectivity index (χ2n) is 4.29. The molecule has 0 saturated carbocycles. The molecule has 0 radical (unpaired) electrons. The van der Waals surface area contributed by atoms with Crippen LogP contribution in [0.5, 0.6) is 0 Å². The predicted octanol–water partition coefficient (Wildman–Crippen LogP) is 3.17. The Bertz CT molecular complexity index is 469. The summed E-state index contributed by atoms with van der Waals surface area (Å²) in [6.07, 6.45) is -0.313. The first kappa shape index (κ1) is 17.6. The number of carbonyl (C=O) groups excluding carboxylic acids is 2. The van der Waals surface area contributed by atoms with Crippen LogP contribution < -0.4 is 0 Å². The van der Waals surface area contributed by atoms with E-state index in [1.807, 2.05) is 0 Å². The van der Waals surface area contributed by atoms with Crippen LogP contribution >= 0.6 is 15.9 Å². The lowest BCUT2D eigenvalue weighted by Crippen LogP contribution is -2.46. The Morgan fingerprint density at radius 3 is 1.95 bits per heavy atom. The van der Waals surface area contributed by atoms with E-state index in [1.165, 1.54) is 0 Å². The molecule has 6 heteroatoms. The molecule has 1 rings (SSSR count). The Balaban J connectivity index is 3.38. The van der Waals surface area contributed by atoms with Crippen molar-refractivity contribution in [2.45, 2.75) is 25.7 Å². The maximum atomic E-state index is 13.0. The van der Waals surface area contributed by atoms with E-state index < -0.39 is 24.0 Å². The zero-order chi connectivity index (χ0) is 15.9. The number of hydrogen-bond donors (Lipinski definition) is 0. The summed E-state index contributed by atoms with van der Waals surface area (Å²) in [5.74, 6) is -1.58. The largest absolute Gasteiger partial charge is 0.465 e. The number of carbonyl (C=O) groups is 2. The number of halogens is 2. The molecule has 1 aromatic carbocycles. The minimum absolute atomic E-state index is 0.100. The molecule has 116 valence electrons. The lowest BCUT2D eigenvalue weighted by Gasteiger charge is -2.28. The Hall–Kier alpha value is -1.43. The number of ether oxygens (including phenoxy) is 2. The average molecular weight is 361 g/mol. The van der Waals surface area contributed by atoms with Crippen LogP contribution in [-0.4, -0.2) is 31.8 Å². The number of esters is 2. The van der Waals surface area contributed by atoms with E-state index >= 15 is 0 Å². The molecule has 0 spiro atoms. The highest BCUT2D eigenvalue weighted by molar-refractivity contribution is 9.10. The molecule has 0 N–H and O–H groups in total. The zero-order valence-corrected chi connectivity index (χ0v) is 13.6. The summed E-state index contributed by atoms with van der Waals surface area (Å²) in [7, 11) is 0. The molecule has 4 nitrogen and oxygen atoms in total. The van der Waals surface area contributed by atoms with Crippen molar-refractivity contribution < 1.29 is 23.5 Å². The molecule has 0 atom stereocenters. The van der Waals surface area contributed by atoms with Gasteiger partial charge in [-0.05, 0) is 31.5 Å². The molecule has 0 aliphatic rings. The third-order valence-electron chi connectivity index (χ3n) is 3.05. The molecule has 0 saturated heterocycles. The summed E-state index contributed by atoms with van der Waals surface area (Å²) in [4.78, 5) is 24.7. The maximum Gasteiger partial charge on any atom is 0.328 e. The van der Waals surface area contributed by atoms with Gasteiger partial charge in [-0.15, -0.1) is 0 Å². The minimum atomic E-state index is -1.76. The smallest absolute Gasteiger partial charge is 0.328 e. The van der Waals surface area contributed by atoms with Gasteiger partial charge in [-0.2, -0.15) is 0 Å². The van der Waals surface area contributed by atoms with Crippen LogP contribution in [0.2, 0.25) is 0 Å². The first-order chi connectivity index (χ1) is 10.0. The second kappa shape index (κ2) is 8.12. The van der Waals surface area contributed by atoms with Crippen LogP contribution in [0.1, 0.15) is 25.8 Å². The fraction of sp³-hybridized carbons (Fsp3) is 0.467. The van der Waals surface area contributed by atoms with Crippen LogP contribution in [0.4, 0.5) is 4.39 Å². The predicted molar refractivity (Wildman–Crippen MR) is 79.7 cm³/mol. The minimum Gasteiger partial charge on any atom is -0.465 e. The number of benzene rings is 1. The van der Waals surface area contributed by atoms with Gasteiger partial charge in [0.25, 0.3) is 0 Å². The van der Waals surface area contributed by atoms with Crippen molar-refractivity contribution in [3.63, 3.8) is 0 Å². The van der Waals surface area contributed by atoms with Gasteiger partial charge in [0.2, 0.25) is 0 Å². The normalized spacial score (nSPS) is 11.0. The van der Waals surface area contributed by atoms with Gasteiger partial charge in [0.05, 0.1) is 19.9 Å². The quantitative estimate of drug-likeness (QED) is 0.553. The Morgan fingerprint density at radius 1 is 1.10 bits per heavy atom. The lowest BCUT2D eigenvalue weighted by molar-refractivity contribution is -0.165. The number of rotatable bonds is 7. The first-order valence-electron chi connectivity index (χ1n) is 6.69. The van der Waals surface area contributed by atoms with Gasteiger partial charge in [0.1, 0.15) is 0 Å². The van der Waals surface area contributed by atoms with E-state index in [2.05, 4.69) is 15.9 Å². The Kier molecular flexibility index (Phi) is 6.81. The lowest BCUT2D eigenvalue weighted by atomic mass is 9.77. The number of hydrogen-bond acceptors (Lipinski definition) is 4. The van der Waals surface area contributed by atoms with Crippen molar-refractivity contribution in [3.8, 4) is 0 Å². The van der Waals surface area contributed by atoms with Gasteiger partial charge in [-0.25, -0.2) is 0 Å². The monoisotopic (exact) mass is 360 g/mol. The third kappa shape index (κ3) is 3.81. The highest BCUT2D eigenvalue weighted by atomic mass is 79.9. The van der Waals surface area contributed by atoms with E-state index in [0.29, 0.717) is 5.56 Å². The average Bonchev–Trinajstić information content (AvgIpc) is 2.46. The topological polar surface area (TPSA) is 52.6 Å². The van der Waals surface area contributed by atoms with Crippen LogP contribution in [-0.2, 0) is 24.5 Å². The standard InChI is InChI=1S/C15H18BrFO4/c1-3-20-13(18)15(9-10-17,14(19)21-4-2)11-5-7-12(16)8-6-11/h5-8H,3-4,9-10H2,1-2H3. The molecule has 0 bridgehead atoms. The molecular weight excluding hydrogens is 343 g/mol. The van der Waals surface area contributed by atoms with Crippen LogP contribution in [0.25, 0.3) is 0 Å². The molecule has 0 aliphatic carbocycles. The fourth-order valence-electron chi connectivity index (χ4n) is 2.05. The second-order valence-corrected chi connectivity index (χ2v) is 5.21. The highest BCUT2D eigenvalue weighted by Crippen LogP contribution is 2.33. The van der Waals surface area contributed by atoms with Crippen molar-refractivity contribution in [2.75, 3.05) is 19.9 Å². The summed E-state index contributed by atoms with van der Waals surface area (Å²) in [5, 5.41) is 0. The molecule has 0 aromatic heterocycles. The molecule has 1 aromatic rings. The highest BCUT2D eigenvalue weighted by Gasteiger charge is 2.50. The zero-order valence-electron chi connectivity index (χ0n) is 12.0. The Labute approximate surface area is 131 Å². The fourth-order valence-corrected chi connectivity index (χ4v) is 2.32. The van der Waals surface area contributed by atoms with Gasteiger partial charge >= 0.3 is 11.9 Å². The molecule has 0 heterocycles. The van der Waals surface area contributed by atoms with E-state index in [0.717, 1.165) is 4.47 Å². The molecular formula is C15H18BrFO4. The first-order valence-corrected chi connectivity index (χ1v) is 7.48. The van der Waals surface area contributed by atoms with Crippen molar-refractivity contribution in [1.82, 2.24) is 0 Å². The summed E-state index contributed by atoms with van der Waals surface area (Å²) in [6.45, 7) is 2.62. The van der Waals surface area contributed by atoms with Crippen molar-refractivity contribution in [1.29, 1.82) is 0 Å². The van der Waals surface area contributed by atoms with E-state index in [9.17, 15) is 14.0 Å². The van der Waals surface area contributed by atoms with Gasteiger partial charge in [0, 0.05) is 10.9 Å². The van der Waals surface area contributed by atoms with Gasteiger partial charge in [-0.1, -0.05) is 28.1 Å². The molecule has 21 heavy (non-hydrogen) atoms. The third-order valence-corrected chi connectivity index (χ3v) is 3.58. The van der Waals surface area contributed by atoms with Gasteiger partial charge in [-0.3, -0.25) is 14.0 Å². The van der Waals surface area contributed by atoms with Crippen LogP contribution in [0.3, 0.4) is 0 Å². The molecule has 0 amide bonds. The summed E-state index contributed by atoms with van der Waals surface area (Å²) in [6, 6.07) is 6.54. The van der Waals surface area contributed by atoms with E-state index in [1.54, 1.807) is 38.1 Å². The van der Waals surface area contributed by atoms with Crippen molar-refractivity contribution in [2.24, 2.45) is 0 Å². The van der Waals surface area contributed by atoms with E-state index in [-0.39, 0.29) is 19.6 Å². The SMILES string of the molecule is CCOC(=O)C(CCF)(C(=O)OCC)c1ccc(Br)cc1. The summed E-state index contributed by atoms with van der Waals surface area (Å²) in [5.41, 5.74) is -1.40. The summed E-state index contributed by atoms with van der Waals surface area (Å²) >= 11 is 3.28. The molecule has 0 fully saturated rings. The van der Waals surface area contributed by atoms with Gasteiger partial charge in [0.15, 0.2) is 5.41 Å². The van der Waals surface area contributed by atoms with Crippen molar-refractivity contribution >= 4 is 27.9 Å². The van der Waals surface area contributed by atoms with Crippen molar-refractivity contribution in [3.05, 3.63) is 34.3 Å². The van der Waals surface area contributed by atoms with Gasteiger partial charge < -0.3 is 9.47 Å². The summed E-state index contributed by atoms with van der Waals surface area (Å²) < 4.78 is 23.8. The maximum absolute atomic E-state index is 13.0. The Morgan fingerprint density at radius 2 is 1.57 bits per heavy atom. The van der Waals surface area contributed by atoms with Crippen LogP contribution in [0.15, 0.2) is 28.7 Å². The van der Waals surface area contributed by atoms with Crippen LogP contribution in [0, 0.1) is 0 Å².